The van der Waals surface area contributed by atoms with E-state index in [0.717, 1.165) is 0 Å². The molecule has 2 heteroatoms. The normalized spacial score (nSPS) is 11.8. The van der Waals surface area contributed by atoms with Crippen molar-refractivity contribution in [3.63, 3.8) is 0 Å². The quantitative estimate of drug-likeness (QED) is 0.117. The van der Waals surface area contributed by atoms with Gasteiger partial charge in [0.25, 0.3) is 0 Å². The Balaban J connectivity index is 2.95. The molecule has 0 aromatic rings. The fourth-order valence-electron chi connectivity index (χ4n) is 3.80. The van der Waals surface area contributed by atoms with Gasteiger partial charge in [-0.05, 0) is 20.5 Å². The van der Waals surface area contributed by atoms with Gasteiger partial charge in [-0.3, -0.25) is 0 Å². The van der Waals surface area contributed by atoms with Gasteiger partial charge in [0, 0.05) is 0 Å². The molecule has 26 heavy (non-hydrogen) atoms. The van der Waals surface area contributed by atoms with Gasteiger partial charge in [-0.25, -0.2) is 0 Å². The van der Waals surface area contributed by atoms with Crippen molar-refractivity contribution in [3.05, 3.63) is 0 Å². The molecule has 0 aromatic carbocycles. The monoisotopic (exact) mass is 404 g/mol. The van der Waals surface area contributed by atoms with Crippen molar-refractivity contribution in [2.24, 2.45) is 0 Å². The van der Waals surface area contributed by atoms with Gasteiger partial charge in [0.15, 0.2) is 0 Å². The van der Waals surface area contributed by atoms with E-state index in [9.17, 15) is 0 Å². The summed E-state index contributed by atoms with van der Waals surface area (Å²) in [6.45, 7) is 2.30. The molecule has 1 atom stereocenters. The van der Waals surface area contributed by atoms with Crippen LogP contribution < -0.4 is 0 Å². The van der Waals surface area contributed by atoms with E-state index in [1.165, 1.54) is 147 Å². The third-order valence-corrected chi connectivity index (χ3v) is 6.73. The average molecular weight is 405 g/mol. The molecule has 0 saturated heterocycles. The summed E-state index contributed by atoms with van der Waals surface area (Å²) in [5.41, 5.74) is 0. The smallest absolute Gasteiger partial charge is 0.0214 e. The molecule has 0 rings (SSSR count). The van der Waals surface area contributed by atoms with Crippen LogP contribution in [-0.4, -0.2) is 6.16 Å². The van der Waals surface area contributed by atoms with Crippen LogP contribution in [0, 0.1) is 0 Å². The molecule has 0 fully saturated rings. The van der Waals surface area contributed by atoms with Crippen LogP contribution >= 0.6 is 19.2 Å². The van der Waals surface area contributed by atoms with E-state index in [1.807, 2.05) is 0 Å². The maximum absolute atomic E-state index is 5.72. The number of hydrogen-bond donors (Lipinski definition) is 0. The topological polar surface area (TPSA) is 0 Å². The number of hydrogen-bond acceptors (Lipinski definition) is 0. The Morgan fingerprint density at radius 1 is 0.385 bits per heavy atom. The van der Waals surface area contributed by atoms with Gasteiger partial charge in [-0.2, -0.15) is 0 Å². The molecule has 0 aliphatic carbocycles. The molecule has 1 unspecified atom stereocenters. The Morgan fingerprint density at radius 2 is 0.615 bits per heavy atom. The second-order valence-electron chi connectivity index (χ2n) is 8.31. The number of halogens is 1. The van der Waals surface area contributed by atoms with E-state index in [4.69, 9.17) is 11.2 Å². The van der Waals surface area contributed by atoms with Gasteiger partial charge in [0.05, 0.1) is 0 Å². The van der Waals surface area contributed by atoms with Gasteiger partial charge in [0.1, 0.15) is 0 Å². The summed E-state index contributed by atoms with van der Waals surface area (Å²) in [7, 11) is 0.640. The lowest BCUT2D eigenvalue weighted by atomic mass is 10.0. The maximum Gasteiger partial charge on any atom is -0.0214 e. The van der Waals surface area contributed by atoms with Crippen LogP contribution in [0.3, 0.4) is 0 Å². The van der Waals surface area contributed by atoms with Gasteiger partial charge >= 0.3 is 0 Å². The Morgan fingerprint density at radius 3 is 0.846 bits per heavy atom. The SMILES string of the molecule is CCCCCCCCCCCCCCCCCCCCCCCCPCl. The summed E-state index contributed by atoms with van der Waals surface area (Å²) in [4.78, 5) is 0. The molecule has 0 bridgehead atoms. The number of unbranched alkanes of at least 4 members (excludes halogenated alkanes) is 21. The van der Waals surface area contributed by atoms with Gasteiger partial charge in [-0.15, -0.1) is 11.2 Å². The Kier molecular flexibility index (Phi) is 26.4. The summed E-state index contributed by atoms with van der Waals surface area (Å²) in [5, 5.41) is 0. The van der Waals surface area contributed by atoms with Gasteiger partial charge in [0.2, 0.25) is 0 Å². The lowest BCUT2D eigenvalue weighted by Crippen LogP contribution is -1.84. The van der Waals surface area contributed by atoms with E-state index in [2.05, 4.69) is 6.92 Å². The summed E-state index contributed by atoms with van der Waals surface area (Å²) in [6, 6.07) is 0. The predicted octanol–water partition coefficient (Wildman–Crippen LogP) is 10.4. The van der Waals surface area contributed by atoms with Crippen molar-refractivity contribution in [1.29, 1.82) is 0 Å². The van der Waals surface area contributed by atoms with E-state index >= 15 is 0 Å². The molecule has 0 aliphatic heterocycles. The predicted molar refractivity (Wildman–Crippen MR) is 126 cm³/mol. The summed E-state index contributed by atoms with van der Waals surface area (Å²) >= 11 is 5.72. The van der Waals surface area contributed by atoms with E-state index in [1.54, 1.807) is 0 Å². The second-order valence-corrected chi connectivity index (χ2v) is 9.88. The van der Waals surface area contributed by atoms with Crippen LogP contribution in [0.2, 0.25) is 0 Å². The minimum atomic E-state index is 0.640. The molecule has 0 saturated carbocycles. The zero-order valence-electron chi connectivity index (χ0n) is 18.1. The Labute approximate surface area is 173 Å². The van der Waals surface area contributed by atoms with Crippen molar-refractivity contribution in [1.82, 2.24) is 0 Å². The van der Waals surface area contributed by atoms with Crippen LogP contribution in [-0.2, 0) is 0 Å². The van der Waals surface area contributed by atoms with E-state index < -0.39 is 0 Å². The van der Waals surface area contributed by atoms with Gasteiger partial charge in [-0.1, -0.05) is 142 Å². The molecule has 0 heterocycles. The number of rotatable bonds is 23. The highest BCUT2D eigenvalue weighted by Crippen LogP contribution is 2.19. The lowest BCUT2D eigenvalue weighted by Gasteiger charge is -2.04. The first-order chi connectivity index (χ1) is 12.9. The standard InChI is InChI=1S/C24H50ClP/c1-2-3-4-5-6-7-8-9-10-11-12-13-14-15-16-17-18-19-20-21-22-23-24-26-25/h26H,2-24H2,1H3. The third-order valence-electron chi connectivity index (χ3n) is 5.62. The van der Waals surface area contributed by atoms with Gasteiger partial charge < -0.3 is 0 Å². The summed E-state index contributed by atoms with van der Waals surface area (Å²) < 4.78 is 0. The summed E-state index contributed by atoms with van der Waals surface area (Å²) in [5.74, 6) is 0. The highest BCUT2D eigenvalue weighted by Gasteiger charge is 1.95. The van der Waals surface area contributed by atoms with Crippen molar-refractivity contribution in [3.8, 4) is 0 Å². The van der Waals surface area contributed by atoms with Crippen LogP contribution in [0.15, 0.2) is 0 Å². The van der Waals surface area contributed by atoms with Crippen molar-refractivity contribution in [2.75, 3.05) is 6.16 Å². The molecule has 0 radical (unpaired) electrons. The molecule has 0 amide bonds. The van der Waals surface area contributed by atoms with Crippen molar-refractivity contribution in [2.45, 2.75) is 148 Å². The molecule has 0 aromatic heterocycles. The fraction of sp³-hybridized carbons (Fsp3) is 1.00. The molecule has 158 valence electrons. The zero-order valence-corrected chi connectivity index (χ0v) is 19.9. The Bertz CT molecular complexity index is 208. The fourth-order valence-corrected chi connectivity index (χ4v) is 4.59. The van der Waals surface area contributed by atoms with Crippen molar-refractivity contribution >= 4 is 19.2 Å². The molecule has 0 nitrogen and oxygen atoms in total. The van der Waals surface area contributed by atoms with Crippen molar-refractivity contribution < 1.29 is 0 Å². The van der Waals surface area contributed by atoms with E-state index in [0.29, 0.717) is 7.93 Å². The zero-order chi connectivity index (χ0) is 19.0. The first-order valence-corrected chi connectivity index (χ1v) is 14.5. The van der Waals surface area contributed by atoms with Crippen LogP contribution in [0.5, 0.6) is 0 Å². The average Bonchev–Trinajstić information content (AvgIpc) is 2.66. The van der Waals surface area contributed by atoms with E-state index in [-0.39, 0.29) is 0 Å². The maximum atomic E-state index is 5.72. The largest absolute Gasteiger partial charge is 0.100 e. The molecule has 0 spiro atoms. The first-order valence-electron chi connectivity index (χ1n) is 12.2. The molecule has 0 aliphatic rings. The molecule has 0 N–H and O–H groups in total. The Hall–Kier alpha value is 0.720. The second kappa shape index (κ2) is 25.7. The minimum absolute atomic E-state index is 0.640. The lowest BCUT2D eigenvalue weighted by molar-refractivity contribution is 0.520. The summed E-state index contributed by atoms with van der Waals surface area (Å²) in [6.07, 6.45) is 33.3. The minimum Gasteiger partial charge on any atom is -0.100 e. The van der Waals surface area contributed by atoms with Crippen LogP contribution in [0.1, 0.15) is 148 Å². The van der Waals surface area contributed by atoms with Crippen LogP contribution in [0.4, 0.5) is 0 Å². The highest BCUT2D eigenvalue weighted by atomic mass is 35.7. The van der Waals surface area contributed by atoms with Crippen LogP contribution in [0.25, 0.3) is 0 Å². The highest BCUT2D eigenvalue weighted by molar-refractivity contribution is 7.68. The molecular weight excluding hydrogens is 355 g/mol. The molecular formula is C24H50ClP. The third kappa shape index (κ3) is 24.7. The first kappa shape index (κ1) is 26.7.